The zero-order chi connectivity index (χ0) is 18.4. The molecule has 0 spiro atoms. The second kappa shape index (κ2) is 6.65. The molecule has 0 N–H and O–H groups in total. The molecule has 5 rings (SSSR count). The Morgan fingerprint density at radius 2 is 2.07 bits per heavy atom. The lowest BCUT2D eigenvalue weighted by molar-refractivity contribution is 0.559. The second-order valence-electron chi connectivity index (χ2n) is 6.69. The van der Waals surface area contributed by atoms with E-state index in [0.717, 1.165) is 39.6 Å². The number of thioether (sulfide) groups is 1. The van der Waals surface area contributed by atoms with Crippen molar-refractivity contribution in [1.82, 2.24) is 14.8 Å². The van der Waals surface area contributed by atoms with Crippen molar-refractivity contribution in [2.24, 2.45) is 7.05 Å². The molecule has 0 saturated heterocycles. The van der Waals surface area contributed by atoms with Crippen LogP contribution in [-0.4, -0.2) is 14.8 Å². The normalized spacial score (nSPS) is 13.4. The Morgan fingerprint density at radius 1 is 1.22 bits per heavy atom. The Bertz CT molecular complexity index is 1190. The monoisotopic (exact) mass is 395 g/mol. The highest BCUT2D eigenvalue weighted by molar-refractivity contribution is 7.98. The van der Waals surface area contributed by atoms with Gasteiger partial charge in [0.05, 0.1) is 4.88 Å². The van der Waals surface area contributed by atoms with Gasteiger partial charge in [-0.15, -0.1) is 21.5 Å². The molecule has 27 heavy (non-hydrogen) atoms. The zero-order valence-electron chi connectivity index (χ0n) is 14.8. The molecule has 136 valence electrons. The first-order valence-electron chi connectivity index (χ1n) is 8.83. The third-order valence-electron chi connectivity index (χ3n) is 4.98. The summed E-state index contributed by atoms with van der Waals surface area (Å²) in [6, 6.07) is 9.90. The lowest BCUT2D eigenvalue weighted by atomic mass is 10.0. The zero-order valence-corrected chi connectivity index (χ0v) is 16.4. The van der Waals surface area contributed by atoms with Crippen molar-refractivity contribution >= 4 is 34.1 Å². The van der Waals surface area contributed by atoms with E-state index >= 15 is 0 Å². The summed E-state index contributed by atoms with van der Waals surface area (Å²) >= 11 is 3.24. The number of aromatic nitrogens is 3. The Balaban J connectivity index is 1.48. The van der Waals surface area contributed by atoms with Crippen LogP contribution in [0.25, 0.3) is 21.7 Å². The van der Waals surface area contributed by atoms with E-state index < -0.39 is 0 Å². The van der Waals surface area contributed by atoms with Gasteiger partial charge < -0.3 is 8.98 Å². The van der Waals surface area contributed by atoms with Crippen LogP contribution in [-0.2, 0) is 25.6 Å². The summed E-state index contributed by atoms with van der Waals surface area (Å²) in [6.45, 7) is 0. The molecule has 0 aliphatic heterocycles. The highest BCUT2D eigenvalue weighted by atomic mass is 32.2. The van der Waals surface area contributed by atoms with Crippen molar-refractivity contribution in [1.29, 1.82) is 0 Å². The van der Waals surface area contributed by atoms with Gasteiger partial charge in [0, 0.05) is 24.3 Å². The molecular formula is C20H17N3O2S2. The molecule has 0 amide bonds. The van der Waals surface area contributed by atoms with Crippen LogP contribution >= 0.6 is 23.1 Å². The molecule has 5 nitrogen and oxygen atoms in total. The highest BCUT2D eigenvalue weighted by Crippen LogP contribution is 2.32. The summed E-state index contributed by atoms with van der Waals surface area (Å²) < 4.78 is 7.46. The van der Waals surface area contributed by atoms with Gasteiger partial charge in [-0.3, -0.25) is 0 Å². The van der Waals surface area contributed by atoms with Crippen LogP contribution in [0.1, 0.15) is 23.1 Å². The maximum absolute atomic E-state index is 12.0. The van der Waals surface area contributed by atoms with Crippen molar-refractivity contribution < 1.29 is 4.42 Å². The largest absolute Gasteiger partial charge is 0.423 e. The molecule has 0 atom stereocenters. The maximum atomic E-state index is 12.0. The quantitative estimate of drug-likeness (QED) is 0.378. The fourth-order valence-electron chi connectivity index (χ4n) is 3.62. The van der Waals surface area contributed by atoms with Crippen LogP contribution in [0.15, 0.2) is 50.1 Å². The minimum absolute atomic E-state index is 0.298. The average molecular weight is 396 g/mol. The lowest BCUT2D eigenvalue weighted by Crippen LogP contribution is -2.01. The number of rotatable bonds is 4. The average Bonchev–Trinajstić information content (AvgIpc) is 3.39. The molecule has 3 aromatic heterocycles. The predicted octanol–water partition coefficient (Wildman–Crippen LogP) is 4.43. The summed E-state index contributed by atoms with van der Waals surface area (Å²) in [4.78, 5) is 13.1. The number of fused-ring (bicyclic) bond motifs is 2. The van der Waals surface area contributed by atoms with Crippen molar-refractivity contribution in [2.75, 3.05) is 0 Å². The fourth-order valence-corrected chi connectivity index (χ4v) is 5.26. The van der Waals surface area contributed by atoms with Crippen LogP contribution in [0, 0.1) is 0 Å². The first-order valence-corrected chi connectivity index (χ1v) is 10.7. The van der Waals surface area contributed by atoms with Crippen LogP contribution in [0.5, 0.6) is 0 Å². The van der Waals surface area contributed by atoms with E-state index in [1.807, 2.05) is 35.2 Å². The van der Waals surface area contributed by atoms with E-state index in [2.05, 4.69) is 16.3 Å². The third-order valence-corrected chi connectivity index (χ3v) is 6.91. The van der Waals surface area contributed by atoms with Gasteiger partial charge in [0.1, 0.15) is 5.58 Å². The first kappa shape index (κ1) is 16.8. The van der Waals surface area contributed by atoms with Crippen LogP contribution in [0.4, 0.5) is 0 Å². The Hall–Kier alpha value is -2.38. The smallest absolute Gasteiger partial charge is 0.336 e. The van der Waals surface area contributed by atoms with Crippen LogP contribution in [0.2, 0.25) is 0 Å². The molecule has 0 saturated carbocycles. The molecule has 1 aliphatic rings. The molecule has 0 radical (unpaired) electrons. The van der Waals surface area contributed by atoms with E-state index in [1.165, 1.54) is 17.5 Å². The number of benzene rings is 1. The molecule has 1 aromatic carbocycles. The summed E-state index contributed by atoms with van der Waals surface area (Å²) in [6.07, 6.45) is 3.34. The number of hydrogen-bond acceptors (Lipinski definition) is 6. The summed E-state index contributed by atoms with van der Waals surface area (Å²) in [7, 11) is 1.97. The van der Waals surface area contributed by atoms with Crippen molar-refractivity contribution in [3.8, 4) is 10.7 Å². The third kappa shape index (κ3) is 3.00. The van der Waals surface area contributed by atoms with Gasteiger partial charge in [-0.05, 0) is 59.5 Å². The van der Waals surface area contributed by atoms with Gasteiger partial charge in [0.2, 0.25) is 0 Å². The van der Waals surface area contributed by atoms with E-state index in [1.54, 1.807) is 29.2 Å². The standard InChI is InChI=1S/C20H17N3O2S2/c1-23-19(17-6-3-7-26-17)21-22-20(23)27-11-14-10-18(24)25-16-9-13-5-2-4-12(13)8-15(14)16/h3,6-10H,2,4-5,11H2,1H3. The summed E-state index contributed by atoms with van der Waals surface area (Å²) in [5.74, 6) is 1.51. The molecule has 7 heteroatoms. The van der Waals surface area contributed by atoms with Gasteiger partial charge in [-0.25, -0.2) is 4.79 Å². The van der Waals surface area contributed by atoms with E-state index in [0.29, 0.717) is 11.3 Å². The van der Waals surface area contributed by atoms with Crippen LogP contribution < -0.4 is 5.63 Å². The van der Waals surface area contributed by atoms with E-state index in [4.69, 9.17) is 4.42 Å². The van der Waals surface area contributed by atoms with E-state index in [-0.39, 0.29) is 5.63 Å². The second-order valence-corrected chi connectivity index (χ2v) is 8.58. The lowest BCUT2D eigenvalue weighted by Gasteiger charge is -2.08. The van der Waals surface area contributed by atoms with Gasteiger partial charge in [0.25, 0.3) is 0 Å². The summed E-state index contributed by atoms with van der Waals surface area (Å²) in [5.41, 5.74) is 4.07. The Labute approximate surface area is 164 Å². The fraction of sp³-hybridized carbons (Fsp3) is 0.250. The van der Waals surface area contributed by atoms with Crippen LogP contribution in [0.3, 0.4) is 0 Å². The number of thiophene rings is 1. The number of aryl methyl sites for hydroxylation is 2. The van der Waals surface area contributed by atoms with Gasteiger partial charge >= 0.3 is 5.63 Å². The maximum Gasteiger partial charge on any atom is 0.336 e. The molecule has 4 aromatic rings. The highest BCUT2D eigenvalue weighted by Gasteiger charge is 2.17. The predicted molar refractivity (Wildman–Crippen MR) is 108 cm³/mol. The molecule has 0 fully saturated rings. The number of nitrogens with zero attached hydrogens (tertiary/aromatic N) is 3. The first-order chi connectivity index (χ1) is 13.2. The minimum Gasteiger partial charge on any atom is -0.423 e. The van der Waals surface area contributed by atoms with Crippen molar-refractivity contribution in [3.63, 3.8) is 0 Å². The molecule has 0 unspecified atom stereocenters. The Morgan fingerprint density at radius 3 is 2.89 bits per heavy atom. The van der Waals surface area contributed by atoms with Crippen molar-refractivity contribution in [2.45, 2.75) is 30.2 Å². The molecule has 1 aliphatic carbocycles. The van der Waals surface area contributed by atoms with E-state index in [9.17, 15) is 4.79 Å². The molecule has 3 heterocycles. The summed E-state index contributed by atoms with van der Waals surface area (Å²) in [5, 5.41) is 12.5. The van der Waals surface area contributed by atoms with Gasteiger partial charge in [0.15, 0.2) is 11.0 Å². The van der Waals surface area contributed by atoms with Crippen molar-refractivity contribution in [3.05, 3.63) is 62.8 Å². The SMILES string of the molecule is Cn1c(SCc2cc(=O)oc3cc4c(cc23)CCC4)nnc1-c1cccs1. The van der Waals surface area contributed by atoms with Gasteiger partial charge in [-0.2, -0.15) is 0 Å². The Kier molecular flexibility index (Phi) is 4.13. The molecule has 0 bridgehead atoms. The topological polar surface area (TPSA) is 60.9 Å². The van der Waals surface area contributed by atoms with Gasteiger partial charge in [-0.1, -0.05) is 17.8 Å². The molecular weight excluding hydrogens is 378 g/mol. The number of hydrogen-bond donors (Lipinski definition) is 0. The minimum atomic E-state index is -0.298.